The number of rotatable bonds is 5. The Hall–Kier alpha value is -1.95. The van der Waals surface area contributed by atoms with Gasteiger partial charge in [-0.3, -0.25) is 9.69 Å². The van der Waals surface area contributed by atoms with Crippen LogP contribution in [0.1, 0.15) is 39.0 Å². The smallest absolute Gasteiger partial charge is 0.231 e. The fraction of sp³-hybridized carbons (Fsp3) is 0.667. The molecule has 0 bridgehead atoms. The van der Waals surface area contributed by atoms with Crippen LogP contribution in [0.2, 0.25) is 0 Å². The first-order valence-electron chi connectivity index (χ1n) is 10.3. The Kier molecular flexibility index (Phi) is 5.72. The number of nitrogens with one attached hydrogen (secondary N) is 1. The number of hydrogen-bond acceptors (Lipinski definition) is 5. The Labute approximate surface area is 161 Å². The van der Waals surface area contributed by atoms with Gasteiger partial charge < -0.3 is 19.7 Å². The average Bonchev–Trinajstić information content (AvgIpc) is 3.16. The minimum absolute atomic E-state index is 0.109. The fourth-order valence-electron chi connectivity index (χ4n) is 4.62. The molecule has 2 fully saturated rings. The second-order valence-electron chi connectivity index (χ2n) is 8.05. The Morgan fingerprint density at radius 2 is 1.89 bits per heavy atom. The van der Waals surface area contributed by atoms with Gasteiger partial charge in [0.15, 0.2) is 11.5 Å². The summed E-state index contributed by atoms with van der Waals surface area (Å²) in [6, 6.07) is 6.56. The first-order valence-corrected chi connectivity index (χ1v) is 10.3. The van der Waals surface area contributed by atoms with E-state index in [0.29, 0.717) is 12.8 Å². The van der Waals surface area contributed by atoms with E-state index in [4.69, 9.17) is 9.47 Å². The van der Waals surface area contributed by atoms with Crippen LogP contribution < -0.4 is 19.7 Å². The van der Waals surface area contributed by atoms with E-state index < -0.39 is 0 Å². The number of piperazine rings is 1. The summed E-state index contributed by atoms with van der Waals surface area (Å²) in [4.78, 5) is 16.2. The van der Waals surface area contributed by atoms with Gasteiger partial charge in [0.05, 0.1) is 5.69 Å². The molecule has 0 spiro atoms. The third kappa shape index (κ3) is 4.49. The van der Waals surface area contributed by atoms with Crippen LogP contribution in [0.4, 0.5) is 5.69 Å². The van der Waals surface area contributed by atoms with E-state index >= 15 is 0 Å². The Morgan fingerprint density at radius 1 is 1.11 bits per heavy atom. The number of ether oxygens (including phenoxy) is 2. The molecule has 0 radical (unpaired) electrons. The van der Waals surface area contributed by atoms with Gasteiger partial charge in [0.25, 0.3) is 0 Å². The molecule has 6 heteroatoms. The van der Waals surface area contributed by atoms with Gasteiger partial charge in [-0.2, -0.15) is 0 Å². The van der Waals surface area contributed by atoms with Gasteiger partial charge in [0, 0.05) is 39.1 Å². The zero-order valence-corrected chi connectivity index (χ0v) is 16.3. The molecular weight excluding hydrogens is 342 g/mol. The lowest BCUT2D eigenvalue weighted by Gasteiger charge is -2.37. The number of anilines is 1. The largest absolute Gasteiger partial charge is 0.454 e. The van der Waals surface area contributed by atoms with E-state index in [1.54, 1.807) is 6.92 Å². The number of carbonyl (C=O) groups is 1. The Balaban J connectivity index is 1.20. The highest BCUT2D eigenvalue weighted by Gasteiger charge is 2.26. The predicted molar refractivity (Wildman–Crippen MR) is 105 cm³/mol. The minimum Gasteiger partial charge on any atom is -0.454 e. The summed E-state index contributed by atoms with van der Waals surface area (Å²) in [5, 5.41) is 3.07. The van der Waals surface area contributed by atoms with Gasteiger partial charge >= 0.3 is 0 Å². The monoisotopic (exact) mass is 373 g/mol. The highest BCUT2D eigenvalue weighted by atomic mass is 16.7. The summed E-state index contributed by atoms with van der Waals surface area (Å²) in [5.41, 5.74) is 1.17. The molecule has 1 aliphatic carbocycles. The molecule has 2 aliphatic heterocycles. The van der Waals surface area contributed by atoms with E-state index in [2.05, 4.69) is 21.2 Å². The lowest BCUT2D eigenvalue weighted by molar-refractivity contribution is -0.119. The molecule has 1 N–H and O–H groups in total. The zero-order valence-electron chi connectivity index (χ0n) is 16.3. The Morgan fingerprint density at radius 3 is 2.63 bits per heavy atom. The zero-order chi connectivity index (χ0) is 18.6. The van der Waals surface area contributed by atoms with Crippen molar-refractivity contribution in [2.75, 3.05) is 44.4 Å². The van der Waals surface area contributed by atoms with Crippen LogP contribution in [0.3, 0.4) is 0 Å². The number of benzene rings is 1. The molecule has 148 valence electrons. The molecule has 1 saturated carbocycles. The van der Waals surface area contributed by atoms with E-state index in [1.165, 1.54) is 31.5 Å². The molecule has 3 aliphatic rings. The molecule has 1 aromatic rings. The molecule has 4 rings (SSSR count). The van der Waals surface area contributed by atoms with Crippen LogP contribution in [0, 0.1) is 5.92 Å². The van der Waals surface area contributed by atoms with Crippen molar-refractivity contribution >= 4 is 11.6 Å². The molecule has 1 aromatic carbocycles. The summed E-state index contributed by atoms with van der Waals surface area (Å²) in [5.74, 6) is 2.69. The number of nitrogens with zero attached hydrogens (tertiary/aromatic N) is 2. The molecule has 0 aromatic heterocycles. The fourth-order valence-corrected chi connectivity index (χ4v) is 4.62. The number of hydrogen-bond donors (Lipinski definition) is 1. The molecular formula is C21H31N3O3. The van der Waals surface area contributed by atoms with E-state index in [1.807, 2.05) is 12.1 Å². The summed E-state index contributed by atoms with van der Waals surface area (Å²) in [6.07, 6.45) is 6.06. The van der Waals surface area contributed by atoms with Crippen molar-refractivity contribution in [3.8, 4) is 11.5 Å². The maximum atomic E-state index is 11.2. The van der Waals surface area contributed by atoms with Crippen molar-refractivity contribution in [3.05, 3.63) is 18.2 Å². The lowest BCUT2D eigenvalue weighted by Crippen LogP contribution is -2.47. The van der Waals surface area contributed by atoms with Gasteiger partial charge in [0.1, 0.15) is 0 Å². The second-order valence-corrected chi connectivity index (χ2v) is 8.05. The highest BCUT2D eigenvalue weighted by molar-refractivity contribution is 5.73. The van der Waals surface area contributed by atoms with Crippen molar-refractivity contribution in [1.29, 1.82) is 0 Å². The highest BCUT2D eigenvalue weighted by Crippen LogP contribution is 2.41. The van der Waals surface area contributed by atoms with Crippen LogP contribution in [-0.4, -0.2) is 56.4 Å². The molecule has 0 unspecified atom stereocenters. The number of amides is 1. The van der Waals surface area contributed by atoms with Crippen LogP contribution in [0.5, 0.6) is 11.5 Å². The van der Waals surface area contributed by atoms with Crippen molar-refractivity contribution in [3.63, 3.8) is 0 Å². The number of para-hydroxylation sites is 1. The molecule has 0 atom stereocenters. The lowest BCUT2D eigenvalue weighted by atomic mass is 9.84. The maximum Gasteiger partial charge on any atom is 0.231 e. The van der Waals surface area contributed by atoms with Crippen molar-refractivity contribution in [2.45, 2.75) is 45.1 Å². The molecule has 6 nitrogen and oxygen atoms in total. The third-order valence-electron chi connectivity index (χ3n) is 6.20. The standard InChI is InChI=1S/C21H31N3O3/c1-16(25)22-18-7-5-17(6-8-18)9-10-23-11-13-24(14-12-23)19-3-2-4-20-21(19)27-15-26-20/h2-4,17-18H,5-15H2,1H3,(H,22,25). The first kappa shape index (κ1) is 18.4. The average molecular weight is 373 g/mol. The minimum atomic E-state index is 0.109. The topological polar surface area (TPSA) is 54.0 Å². The molecule has 1 amide bonds. The summed E-state index contributed by atoms with van der Waals surface area (Å²) in [7, 11) is 0. The van der Waals surface area contributed by atoms with Crippen molar-refractivity contribution in [2.24, 2.45) is 5.92 Å². The first-order chi connectivity index (χ1) is 13.2. The van der Waals surface area contributed by atoms with E-state index in [0.717, 1.165) is 56.4 Å². The van der Waals surface area contributed by atoms with Gasteiger partial charge in [0.2, 0.25) is 12.7 Å². The van der Waals surface area contributed by atoms with Crippen LogP contribution in [-0.2, 0) is 4.79 Å². The van der Waals surface area contributed by atoms with Crippen LogP contribution >= 0.6 is 0 Å². The van der Waals surface area contributed by atoms with Crippen LogP contribution in [0.15, 0.2) is 18.2 Å². The molecule has 2 heterocycles. The Bertz CT molecular complexity index is 650. The van der Waals surface area contributed by atoms with Crippen LogP contribution in [0.25, 0.3) is 0 Å². The summed E-state index contributed by atoms with van der Waals surface area (Å²) in [6.45, 7) is 7.42. The van der Waals surface area contributed by atoms with Crippen molar-refractivity contribution < 1.29 is 14.3 Å². The van der Waals surface area contributed by atoms with Crippen molar-refractivity contribution in [1.82, 2.24) is 10.2 Å². The van der Waals surface area contributed by atoms with Gasteiger partial charge in [-0.15, -0.1) is 0 Å². The van der Waals surface area contributed by atoms with E-state index in [9.17, 15) is 4.79 Å². The van der Waals surface area contributed by atoms with Gasteiger partial charge in [-0.05, 0) is 56.7 Å². The predicted octanol–water partition coefficient (Wildman–Crippen LogP) is 2.62. The normalized spacial score (nSPS) is 25.4. The summed E-state index contributed by atoms with van der Waals surface area (Å²) >= 11 is 0. The van der Waals surface area contributed by atoms with Gasteiger partial charge in [-0.1, -0.05) is 6.07 Å². The number of fused-ring (bicyclic) bond motifs is 1. The second kappa shape index (κ2) is 8.38. The quantitative estimate of drug-likeness (QED) is 0.860. The maximum absolute atomic E-state index is 11.2. The molecule has 1 saturated heterocycles. The van der Waals surface area contributed by atoms with E-state index in [-0.39, 0.29) is 5.91 Å². The number of carbonyl (C=O) groups excluding carboxylic acids is 1. The van der Waals surface area contributed by atoms with Gasteiger partial charge in [-0.25, -0.2) is 0 Å². The molecule has 27 heavy (non-hydrogen) atoms. The summed E-state index contributed by atoms with van der Waals surface area (Å²) < 4.78 is 11.2. The third-order valence-corrected chi connectivity index (χ3v) is 6.20. The SMILES string of the molecule is CC(=O)NC1CCC(CCN2CCN(c3cccc4c3OCO4)CC2)CC1.